The number of rotatable bonds is 5. The number of carbonyl (C=O) groups is 3. The van der Waals surface area contributed by atoms with Crippen LogP contribution in [0.15, 0.2) is 36.7 Å². The van der Waals surface area contributed by atoms with Gasteiger partial charge in [0.1, 0.15) is 5.54 Å². The average molecular weight is 417 g/mol. The van der Waals surface area contributed by atoms with Gasteiger partial charge in [-0.05, 0) is 25.3 Å². The van der Waals surface area contributed by atoms with Crippen molar-refractivity contribution < 1.29 is 19.1 Å². The summed E-state index contributed by atoms with van der Waals surface area (Å²) in [7, 11) is 1.53. The maximum atomic E-state index is 13.0. The van der Waals surface area contributed by atoms with Gasteiger partial charge in [-0.3, -0.25) is 9.59 Å². The van der Waals surface area contributed by atoms with E-state index in [2.05, 4.69) is 9.97 Å². The lowest BCUT2D eigenvalue weighted by atomic mass is 9.74. The molecule has 1 heterocycles. The Balaban J connectivity index is 1.83. The molecule has 2 N–H and O–H groups in total. The zero-order chi connectivity index (χ0) is 21.0. The summed E-state index contributed by atoms with van der Waals surface area (Å²) < 4.78 is 5.07. The maximum absolute atomic E-state index is 13.0. The average Bonchev–Trinajstić information content (AvgIpc) is 2.72. The van der Waals surface area contributed by atoms with Gasteiger partial charge in [-0.15, -0.1) is 0 Å². The minimum absolute atomic E-state index is 0.0859. The number of ether oxygens (including phenoxy) is 1. The highest BCUT2D eigenvalue weighted by atomic mass is 35.5. The van der Waals surface area contributed by atoms with E-state index in [0.717, 1.165) is 12.8 Å². The molecule has 0 unspecified atom stereocenters. The number of hydrogen-bond donors (Lipinski definition) is 1. The molecule has 1 aromatic carbocycles. The lowest BCUT2D eigenvalue weighted by molar-refractivity contribution is -0.150. The number of hydrogen-bond acceptors (Lipinski definition) is 7. The molecule has 29 heavy (non-hydrogen) atoms. The van der Waals surface area contributed by atoms with Crippen molar-refractivity contribution in [3.05, 3.63) is 52.9 Å². The molecule has 1 aromatic heterocycles. The first kappa shape index (κ1) is 20.7. The molecule has 152 valence electrons. The smallest absolute Gasteiger partial charge is 0.361 e. The zero-order valence-corrected chi connectivity index (χ0v) is 16.7. The largest absolute Gasteiger partial charge is 0.451 e. The molecule has 8 nitrogen and oxygen atoms in total. The van der Waals surface area contributed by atoms with E-state index in [0.29, 0.717) is 23.4 Å². The van der Waals surface area contributed by atoms with Gasteiger partial charge in [0.2, 0.25) is 0 Å². The molecule has 0 saturated heterocycles. The number of nitrogens with two attached hydrogens (primary N) is 1. The van der Waals surface area contributed by atoms with Crippen molar-refractivity contribution in [2.75, 3.05) is 19.4 Å². The first-order valence-electron chi connectivity index (χ1n) is 9.16. The summed E-state index contributed by atoms with van der Waals surface area (Å²) in [5.41, 5.74) is 4.83. The van der Waals surface area contributed by atoms with Crippen molar-refractivity contribution in [1.82, 2.24) is 14.9 Å². The van der Waals surface area contributed by atoms with Gasteiger partial charge in [0.05, 0.1) is 0 Å². The summed E-state index contributed by atoms with van der Waals surface area (Å²) in [6.45, 7) is -0.565. The van der Waals surface area contributed by atoms with Crippen LogP contribution < -0.4 is 5.73 Å². The Labute approximate surface area is 173 Å². The molecule has 0 spiro atoms. The predicted octanol–water partition coefficient (Wildman–Crippen LogP) is 2.37. The van der Waals surface area contributed by atoms with Gasteiger partial charge in [-0.25, -0.2) is 14.8 Å². The van der Waals surface area contributed by atoms with Crippen LogP contribution in [0.25, 0.3) is 0 Å². The number of anilines is 1. The third kappa shape index (κ3) is 3.93. The molecule has 1 aliphatic carbocycles. The number of aromatic nitrogens is 2. The first-order valence-corrected chi connectivity index (χ1v) is 9.54. The van der Waals surface area contributed by atoms with E-state index in [1.807, 2.05) is 0 Å². The van der Waals surface area contributed by atoms with Crippen molar-refractivity contribution in [3.63, 3.8) is 0 Å². The number of likely N-dealkylation sites (N-methyl/N-ethyl adjacent to an activating group) is 1. The molecule has 1 atom stereocenters. The minimum atomic E-state index is -1.19. The van der Waals surface area contributed by atoms with Crippen LogP contribution in [0.5, 0.6) is 0 Å². The second-order valence-corrected chi connectivity index (χ2v) is 7.20. The summed E-state index contributed by atoms with van der Waals surface area (Å²) in [5, 5.41) is 0.409. The second kappa shape index (κ2) is 8.57. The Morgan fingerprint density at radius 3 is 2.66 bits per heavy atom. The third-order valence-corrected chi connectivity index (χ3v) is 5.50. The monoisotopic (exact) mass is 416 g/mol. The molecule has 0 aliphatic heterocycles. The molecular formula is C20H21ClN4O4. The van der Waals surface area contributed by atoms with E-state index in [1.165, 1.54) is 24.3 Å². The van der Waals surface area contributed by atoms with Crippen LogP contribution in [0, 0.1) is 0 Å². The fourth-order valence-electron chi connectivity index (χ4n) is 3.64. The van der Waals surface area contributed by atoms with Gasteiger partial charge in [0.15, 0.2) is 23.9 Å². The molecule has 2 aromatic rings. The lowest BCUT2D eigenvalue weighted by Crippen LogP contribution is -2.55. The number of halogens is 1. The fourth-order valence-corrected chi connectivity index (χ4v) is 3.93. The van der Waals surface area contributed by atoms with Crippen molar-refractivity contribution in [3.8, 4) is 0 Å². The maximum Gasteiger partial charge on any atom is 0.361 e. The Morgan fingerprint density at radius 1 is 1.24 bits per heavy atom. The highest BCUT2D eigenvalue weighted by Gasteiger charge is 2.48. The predicted molar refractivity (Wildman–Crippen MR) is 106 cm³/mol. The van der Waals surface area contributed by atoms with E-state index in [1.54, 1.807) is 24.3 Å². The molecule has 3 rings (SSSR count). The molecule has 0 bridgehead atoms. The van der Waals surface area contributed by atoms with Gasteiger partial charge in [0.25, 0.3) is 5.91 Å². The van der Waals surface area contributed by atoms with Crippen LogP contribution in [0.4, 0.5) is 5.82 Å². The van der Waals surface area contributed by atoms with Gasteiger partial charge in [-0.2, -0.15) is 0 Å². The van der Waals surface area contributed by atoms with E-state index >= 15 is 0 Å². The van der Waals surface area contributed by atoms with Crippen LogP contribution in [-0.4, -0.2) is 46.2 Å². The van der Waals surface area contributed by atoms with E-state index in [9.17, 15) is 14.4 Å². The van der Waals surface area contributed by atoms with E-state index < -0.39 is 24.0 Å². The quantitative estimate of drug-likeness (QED) is 0.743. The fraction of sp³-hybridized carbons (Fsp3) is 0.350. The molecule has 9 heteroatoms. The first-order chi connectivity index (χ1) is 13.9. The minimum Gasteiger partial charge on any atom is -0.451 e. The zero-order valence-electron chi connectivity index (χ0n) is 15.9. The SMILES string of the molecule is CN(C(=O)COC(=O)c1nccnc1N)[C@]1(c2ccccc2Cl)CCCCC1=O. The van der Waals surface area contributed by atoms with Gasteiger partial charge in [0, 0.05) is 36.4 Å². The Morgan fingerprint density at radius 2 is 1.97 bits per heavy atom. The number of nitrogen functional groups attached to an aromatic ring is 1. The highest BCUT2D eigenvalue weighted by Crippen LogP contribution is 2.42. The van der Waals surface area contributed by atoms with Crippen molar-refractivity contribution in [2.24, 2.45) is 0 Å². The number of carbonyl (C=O) groups excluding carboxylic acids is 3. The van der Waals surface area contributed by atoms with E-state index in [4.69, 9.17) is 22.1 Å². The number of esters is 1. The van der Waals surface area contributed by atoms with Crippen LogP contribution >= 0.6 is 11.6 Å². The standard InChI is InChI=1S/C20H21ClN4O4/c1-25(16(27)12-29-19(28)17-18(22)24-11-10-23-17)20(9-5-4-8-15(20)26)13-6-2-3-7-14(13)21/h2-3,6-7,10-11H,4-5,8-9,12H2,1H3,(H2,22,24)/t20-/m0/s1. The van der Waals surface area contributed by atoms with E-state index in [-0.39, 0.29) is 17.3 Å². The number of amides is 1. The number of nitrogens with zero attached hydrogens (tertiary/aromatic N) is 3. The Hall–Kier alpha value is -3.00. The summed E-state index contributed by atoms with van der Waals surface area (Å²) >= 11 is 6.38. The van der Waals surface area contributed by atoms with Crippen LogP contribution in [0.1, 0.15) is 41.7 Å². The van der Waals surface area contributed by atoms with Crippen LogP contribution in [0.3, 0.4) is 0 Å². The molecule has 1 amide bonds. The van der Waals surface area contributed by atoms with Crippen molar-refractivity contribution in [1.29, 1.82) is 0 Å². The van der Waals surface area contributed by atoms with Gasteiger partial charge >= 0.3 is 5.97 Å². The summed E-state index contributed by atoms with van der Waals surface area (Å²) in [6.07, 6.45) is 4.96. The number of ketones is 1. The Kier molecular flexibility index (Phi) is 6.12. The number of benzene rings is 1. The topological polar surface area (TPSA) is 115 Å². The molecular weight excluding hydrogens is 396 g/mol. The lowest BCUT2D eigenvalue weighted by Gasteiger charge is -2.43. The highest BCUT2D eigenvalue weighted by molar-refractivity contribution is 6.31. The normalized spacial score (nSPS) is 18.9. The summed E-state index contributed by atoms with van der Waals surface area (Å²) in [4.78, 5) is 47.0. The van der Waals surface area contributed by atoms with Gasteiger partial charge in [-0.1, -0.05) is 29.8 Å². The molecule has 1 aliphatic rings. The van der Waals surface area contributed by atoms with Crippen LogP contribution in [0.2, 0.25) is 5.02 Å². The molecule has 1 fully saturated rings. The van der Waals surface area contributed by atoms with Crippen molar-refractivity contribution in [2.45, 2.75) is 31.2 Å². The third-order valence-electron chi connectivity index (χ3n) is 5.17. The van der Waals surface area contributed by atoms with Gasteiger partial charge < -0.3 is 15.4 Å². The molecule has 1 saturated carbocycles. The van der Waals surface area contributed by atoms with Crippen LogP contribution in [-0.2, 0) is 19.9 Å². The summed E-state index contributed by atoms with van der Waals surface area (Å²) in [5.74, 6) is -1.57. The number of Topliss-reactive ketones (excluding diaryl/α,β-unsaturated/α-hetero) is 1. The molecule has 0 radical (unpaired) electrons. The second-order valence-electron chi connectivity index (χ2n) is 6.79. The Bertz CT molecular complexity index is 952. The summed E-state index contributed by atoms with van der Waals surface area (Å²) in [6, 6.07) is 6.99. The van der Waals surface area contributed by atoms with Crippen molar-refractivity contribution >= 4 is 35.1 Å².